The van der Waals surface area contributed by atoms with Crippen LogP contribution in [0.15, 0.2) is 73.1 Å². The lowest BCUT2D eigenvalue weighted by Gasteiger charge is -2.37. The number of halogens is 1. The van der Waals surface area contributed by atoms with Gasteiger partial charge in [0.25, 0.3) is 5.91 Å². The highest BCUT2D eigenvalue weighted by atomic mass is 19.1. The molecule has 5 rings (SSSR count). The first-order valence-electron chi connectivity index (χ1n) is 12.0. The molecule has 2 aromatic heterocycles. The zero-order chi connectivity index (χ0) is 24.9. The van der Waals surface area contributed by atoms with E-state index in [1.807, 2.05) is 36.7 Å². The van der Waals surface area contributed by atoms with Crippen LogP contribution in [-0.2, 0) is 6.42 Å². The Bertz CT molecular complexity index is 1320. The quantitative estimate of drug-likeness (QED) is 0.430. The number of aromatic nitrogens is 4. The number of para-hydroxylation sites is 2. The molecule has 9 heteroatoms. The van der Waals surface area contributed by atoms with Crippen LogP contribution in [0.1, 0.15) is 21.7 Å². The maximum absolute atomic E-state index is 13.3. The molecular weight excluding hydrogens is 457 g/mol. The Morgan fingerprint density at radius 3 is 2.44 bits per heavy atom. The average molecular weight is 486 g/mol. The van der Waals surface area contributed by atoms with E-state index in [1.165, 1.54) is 22.4 Å². The number of benzene rings is 2. The summed E-state index contributed by atoms with van der Waals surface area (Å²) in [5.74, 6) is -0.662. The van der Waals surface area contributed by atoms with Gasteiger partial charge < -0.3 is 10.2 Å². The minimum Gasteiger partial charge on any atom is -0.367 e. The Morgan fingerprint density at radius 1 is 0.972 bits per heavy atom. The molecule has 3 heterocycles. The van der Waals surface area contributed by atoms with E-state index in [2.05, 4.69) is 42.5 Å². The van der Waals surface area contributed by atoms with E-state index in [9.17, 15) is 9.18 Å². The van der Waals surface area contributed by atoms with Gasteiger partial charge in [-0.1, -0.05) is 17.3 Å². The van der Waals surface area contributed by atoms with E-state index >= 15 is 0 Å². The topological polar surface area (TPSA) is 79.2 Å². The molecule has 2 aromatic carbocycles. The van der Waals surface area contributed by atoms with Crippen LogP contribution in [0.25, 0.3) is 5.69 Å². The van der Waals surface area contributed by atoms with Gasteiger partial charge in [0.05, 0.1) is 22.8 Å². The standard InChI is InChI=1S/C27H28FN7O/c1-20-26(31-32-35(20)23-8-6-22(28)7-9-23)27(36)30-24-4-2-3-5-25(24)34-18-16-33(17-19-34)15-12-21-10-13-29-14-11-21/h2-11,13-14H,12,15-19H2,1H3,(H,30,36). The van der Waals surface area contributed by atoms with Crippen LogP contribution in [0.4, 0.5) is 15.8 Å². The van der Waals surface area contributed by atoms with E-state index in [0.717, 1.165) is 50.5 Å². The first-order chi connectivity index (χ1) is 17.6. The number of rotatable bonds is 7. The van der Waals surface area contributed by atoms with Gasteiger partial charge in [-0.15, -0.1) is 5.10 Å². The lowest BCUT2D eigenvalue weighted by Crippen LogP contribution is -2.47. The summed E-state index contributed by atoms with van der Waals surface area (Å²) >= 11 is 0. The normalized spacial score (nSPS) is 14.1. The molecule has 1 N–H and O–H groups in total. The number of carbonyl (C=O) groups excluding carboxylic acids is 1. The van der Waals surface area contributed by atoms with Crippen molar-refractivity contribution in [2.24, 2.45) is 0 Å². The number of carbonyl (C=O) groups is 1. The Morgan fingerprint density at radius 2 is 1.69 bits per heavy atom. The molecular formula is C27H28FN7O. The monoisotopic (exact) mass is 485 g/mol. The predicted octanol–water partition coefficient (Wildman–Crippen LogP) is 3.73. The molecule has 184 valence electrons. The number of amides is 1. The molecule has 1 aliphatic heterocycles. The zero-order valence-corrected chi connectivity index (χ0v) is 20.1. The van der Waals surface area contributed by atoms with Gasteiger partial charge >= 0.3 is 0 Å². The number of piperazine rings is 1. The van der Waals surface area contributed by atoms with Crippen molar-refractivity contribution in [2.75, 3.05) is 42.9 Å². The van der Waals surface area contributed by atoms with Crippen LogP contribution >= 0.6 is 0 Å². The van der Waals surface area contributed by atoms with Gasteiger partial charge in [-0.05, 0) is 67.4 Å². The second-order valence-corrected chi connectivity index (χ2v) is 8.82. The number of anilines is 2. The Labute approximate surface area is 209 Å². The van der Waals surface area contributed by atoms with Crippen LogP contribution < -0.4 is 10.2 Å². The van der Waals surface area contributed by atoms with E-state index in [4.69, 9.17) is 0 Å². The molecule has 0 aliphatic carbocycles. The molecule has 1 saturated heterocycles. The lowest BCUT2D eigenvalue weighted by atomic mass is 10.1. The summed E-state index contributed by atoms with van der Waals surface area (Å²) in [6.45, 7) is 6.46. The molecule has 0 bridgehead atoms. The van der Waals surface area contributed by atoms with Crippen molar-refractivity contribution in [1.29, 1.82) is 0 Å². The van der Waals surface area contributed by atoms with Crippen LogP contribution in [0.2, 0.25) is 0 Å². The van der Waals surface area contributed by atoms with Crippen LogP contribution in [0, 0.1) is 12.7 Å². The first-order valence-corrected chi connectivity index (χ1v) is 12.0. The van der Waals surface area contributed by atoms with E-state index in [0.29, 0.717) is 11.4 Å². The highest BCUT2D eigenvalue weighted by Gasteiger charge is 2.22. The third kappa shape index (κ3) is 5.26. The lowest BCUT2D eigenvalue weighted by molar-refractivity contribution is 0.102. The average Bonchev–Trinajstić information content (AvgIpc) is 3.30. The summed E-state index contributed by atoms with van der Waals surface area (Å²) in [6, 6.07) is 17.9. The Kier molecular flexibility index (Phi) is 6.99. The van der Waals surface area contributed by atoms with Crippen molar-refractivity contribution in [1.82, 2.24) is 24.9 Å². The van der Waals surface area contributed by atoms with Gasteiger partial charge in [-0.25, -0.2) is 9.07 Å². The summed E-state index contributed by atoms with van der Waals surface area (Å²) in [4.78, 5) is 22.0. The van der Waals surface area contributed by atoms with Crippen LogP contribution in [0.5, 0.6) is 0 Å². The molecule has 8 nitrogen and oxygen atoms in total. The SMILES string of the molecule is Cc1c(C(=O)Nc2ccccc2N2CCN(CCc3ccncc3)CC2)nnn1-c1ccc(F)cc1. The molecule has 0 spiro atoms. The summed E-state index contributed by atoms with van der Waals surface area (Å²) in [5.41, 5.74) is 4.48. The van der Waals surface area contributed by atoms with Gasteiger partial charge in [0, 0.05) is 45.1 Å². The van der Waals surface area contributed by atoms with Gasteiger partial charge in [-0.2, -0.15) is 0 Å². The number of pyridine rings is 1. The van der Waals surface area contributed by atoms with Gasteiger partial charge in [0.2, 0.25) is 0 Å². The van der Waals surface area contributed by atoms with Gasteiger partial charge in [0.1, 0.15) is 5.82 Å². The van der Waals surface area contributed by atoms with E-state index in [-0.39, 0.29) is 17.4 Å². The van der Waals surface area contributed by atoms with Crippen molar-refractivity contribution in [3.8, 4) is 5.69 Å². The molecule has 1 aliphatic rings. The van der Waals surface area contributed by atoms with Crippen molar-refractivity contribution in [3.63, 3.8) is 0 Å². The number of hydrogen-bond donors (Lipinski definition) is 1. The van der Waals surface area contributed by atoms with Crippen molar-refractivity contribution in [3.05, 3.63) is 95.8 Å². The van der Waals surface area contributed by atoms with Crippen LogP contribution in [-0.4, -0.2) is 63.5 Å². The molecule has 0 radical (unpaired) electrons. The zero-order valence-electron chi connectivity index (χ0n) is 20.1. The molecule has 1 fully saturated rings. The largest absolute Gasteiger partial charge is 0.367 e. The van der Waals surface area contributed by atoms with E-state index in [1.54, 1.807) is 19.1 Å². The number of nitrogens with one attached hydrogen (secondary N) is 1. The molecule has 0 atom stereocenters. The summed E-state index contributed by atoms with van der Waals surface area (Å²) < 4.78 is 14.8. The fraction of sp³-hybridized carbons (Fsp3) is 0.259. The smallest absolute Gasteiger partial charge is 0.278 e. The fourth-order valence-electron chi connectivity index (χ4n) is 4.45. The van der Waals surface area contributed by atoms with Crippen LogP contribution in [0.3, 0.4) is 0 Å². The minimum absolute atomic E-state index is 0.232. The maximum Gasteiger partial charge on any atom is 0.278 e. The Balaban J connectivity index is 1.23. The first kappa shape index (κ1) is 23.6. The van der Waals surface area contributed by atoms with Gasteiger partial charge in [0.15, 0.2) is 5.69 Å². The number of nitrogens with zero attached hydrogens (tertiary/aromatic N) is 6. The molecule has 0 unspecified atom stereocenters. The second kappa shape index (κ2) is 10.7. The number of hydrogen-bond acceptors (Lipinski definition) is 6. The van der Waals surface area contributed by atoms with Crippen molar-refractivity contribution < 1.29 is 9.18 Å². The fourth-order valence-corrected chi connectivity index (χ4v) is 4.45. The molecule has 4 aromatic rings. The summed E-state index contributed by atoms with van der Waals surface area (Å²) in [5, 5.41) is 11.2. The van der Waals surface area contributed by atoms with Crippen molar-refractivity contribution in [2.45, 2.75) is 13.3 Å². The summed E-state index contributed by atoms with van der Waals surface area (Å²) in [7, 11) is 0. The third-order valence-electron chi connectivity index (χ3n) is 6.51. The maximum atomic E-state index is 13.3. The third-order valence-corrected chi connectivity index (χ3v) is 6.51. The predicted molar refractivity (Wildman–Crippen MR) is 137 cm³/mol. The summed E-state index contributed by atoms with van der Waals surface area (Å²) in [6.07, 6.45) is 4.68. The highest BCUT2D eigenvalue weighted by Crippen LogP contribution is 2.27. The second-order valence-electron chi connectivity index (χ2n) is 8.82. The Hall–Kier alpha value is -4.11. The van der Waals surface area contributed by atoms with Crippen molar-refractivity contribution >= 4 is 17.3 Å². The molecule has 36 heavy (non-hydrogen) atoms. The molecule has 1 amide bonds. The van der Waals surface area contributed by atoms with Gasteiger partial charge in [-0.3, -0.25) is 14.7 Å². The highest BCUT2D eigenvalue weighted by molar-refractivity contribution is 6.05. The minimum atomic E-state index is -0.333. The van der Waals surface area contributed by atoms with E-state index < -0.39 is 0 Å². The molecule has 0 saturated carbocycles.